The Morgan fingerprint density at radius 2 is 2.06 bits per heavy atom. The minimum Gasteiger partial charge on any atom is -0.494 e. The molecule has 5 rings (SSSR count). The number of amides is 1. The maximum atomic E-state index is 14.0. The highest BCUT2D eigenvalue weighted by atomic mass is 19.1. The number of ether oxygens (including phenoxy) is 1. The molecule has 1 fully saturated rings. The molecule has 1 amide bonds. The van der Waals surface area contributed by atoms with Gasteiger partial charge in [0.1, 0.15) is 0 Å². The van der Waals surface area contributed by atoms with Gasteiger partial charge in [-0.2, -0.15) is 4.98 Å². The maximum absolute atomic E-state index is 14.0. The van der Waals surface area contributed by atoms with Crippen LogP contribution in [-0.4, -0.2) is 56.1 Å². The molecular weight excluding hydrogens is 415 g/mol. The van der Waals surface area contributed by atoms with Crippen molar-refractivity contribution in [3.8, 4) is 28.7 Å². The average molecular weight is 434 g/mol. The van der Waals surface area contributed by atoms with Gasteiger partial charge >= 0.3 is 0 Å². The smallest absolute Gasteiger partial charge is 0.280 e. The van der Waals surface area contributed by atoms with E-state index in [1.807, 2.05) is 30.3 Å². The second kappa shape index (κ2) is 8.22. The second-order valence-corrected chi connectivity index (χ2v) is 7.42. The van der Waals surface area contributed by atoms with Crippen LogP contribution in [0, 0.1) is 5.82 Å². The maximum Gasteiger partial charge on any atom is 0.280 e. The molecule has 0 aliphatic carbocycles. The first-order valence-corrected chi connectivity index (χ1v) is 10.1. The molecule has 4 aromatic rings. The van der Waals surface area contributed by atoms with Gasteiger partial charge in [-0.15, -0.1) is 5.10 Å². The number of carbonyl (C=O) groups is 1. The summed E-state index contributed by atoms with van der Waals surface area (Å²) in [7, 11) is 1.38. The first-order chi connectivity index (χ1) is 15.6. The van der Waals surface area contributed by atoms with Crippen LogP contribution in [0.4, 0.5) is 4.39 Å². The second-order valence-electron chi connectivity index (χ2n) is 7.42. The molecule has 162 valence electrons. The van der Waals surface area contributed by atoms with E-state index in [1.165, 1.54) is 19.2 Å². The van der Waals surface area contributed by atoms with Crippen molar-refractivity contribution in [2.24, 2.45) is 0 Å². The van der Waals surface area contributed by atoms with Gasteiger partial charge in [-0.3, -0.25) is 4.79 Å². The number of carbonyl (C=O) groups excluding carboxylic acids is 1. The largest absolute Gasteiger partial charge is 0.494 e. The summed E-state index contributed by atoms with van der Waals surface area (Å²) in [6.45, 7) is 0.972. The van der Waals surface area contributed by atoms with E-state index in [0.717, 1.165) is 5.56 Å². The van der Waals surface area contributed by atoms with Crippen molar-refractivity contribution in [3.63, 3.8) is 0 Å². The van der Waals surface area contributed by atoms with Crippen LogP contribution in [0.2, 0.25) is 0 Å². The SMILES string of the molecule is COc1ccc(C(=O)N2CC[C@H](n3cc(-c4nc(-c5ccccc5)no4)nn3)C2)cc1F. The zero-order chi connectivity index (χ0) is 22.1. The van der Waals surface area contributed by atoms with Gasteiger partial charge < -0.3 is 14.2 Å². The van der Waals surface area contributed by atoms with Gasteiger partial charge in [0.15, 0.2) is 17.3 Å². The lowest BCUT2D eigenvalue weighted by molar-refractivity contribution is 0.0786. The highest BCUT2D eigenvalue weighted by Gasteiger charge is 2.30. The number of rotatable bonds is 5. The molecule has 1 atom stereocenters. The Morgan fingerprint density at radius 3 is 2.84 bits per heavy atom. The highest BCUT2D eigenvalue weighted by Crippen LogP contribution is 2.26. The lowest BCUT2D eigenvalue weighted by Crippen LogP contribution is -2.29. The molecular formula is C22H19FN6O3. The van der Waals surface area contributed by atoms with Crippen LogP contribution in [0.25, 0.3) is 23.0 Å². The normalized spacial score (nSPS) is 15.8. The molecule has 0 radical (unpaired) electrons. The average Bonchev–Trinajstić information content (AvgIpc) is 3.59. The summed E-state index contributed by atoms with van der Waals surface area (Å²) in [4.78, 5) is 18.8. The predicted octanol–water partition coefficient (Wildman–Crippen LogP) is 3.23. The van der Waals surface area contributed by atoms with Crippen molar-refractivity contribution >= 4 is 5.91 Å². The van der Waals surface area contributed by atoms with Gasteiger partial charge in [-0.25, -0.2) is 9.07 Å². The zero-order valence-corrected chi connectivity index (χ0v) is 17.2. The molecule has 2 aromatic heterocycles. The molecule has 0 bridgehead atoms. The van der Waals surface area contributed by atoms with Crippen molar-refractivity contribution in [2.75, 3.05) is 20.2 Å². The minimum absolute atomic E-state index is 0.0557. The molecule has 1 aliphatic heterocycles. The number of aromatic nitrogens is 5. The summed E-state index contributed by atoms with van der Waals surface area (Å²) >= 11 is 0. The van der Waals surface area contributed by atoms with E-state index in [9.17, 15) is 9.18 Å². The third-order valence-corrected chi connectivity index (χ3v) is 5.41. The predicted molar refractivity (Wildman–Crippen MR) is 111 cm³/mol. The van der Waals surface area contributed by atoms with Crippen molar-refractivity contribution in [1.29, 1.82) is 0 Å². The number of likely N-dealkylation sites (tertiary alicyclic amines) is 1. The fourth-order valence-corrected chi connectivity index (χ4v) is 3.71. The summed E-state index contributed by atoms with van der Waals surface area (Å²) in [5.41, 5.74) is 1.58. The molecule has 0 saturated carbocycles. The third-order valence-electron chi connectivity index (χ3n) is 5.41. The molecule has 2 aromatic carbocycles. The van der Waals surface area contributed by atoms with Crippen molar-refractivity contribution in [3.05, 3.63) is 66.1 Å². The molecule has 32 heavy (non-hydrogen) atoms. The van der Waals surface area contributed by atoms with Crippen LogP contribution in [-0.2, 0) is 0 Å². The van der Waals surface area contributed by atoms with Crippen molar-refractivity contribution < 1.29 is 18.4 Å². The highest BCUT2D eigenvalue weighted by molar-refractivity contribution is 5.94. The third kappa shape index (κ3) is 3.70. The first kappa shape index (κ1) is 19.9. The van der Waals surface area contributed by atoms with Crippen molar-refractivity contribution in [1.82, 2.24) is 30.0 Å². The van der Waals surface area contributed by atoms with E-state index >= 15 is 0 Å². The number of nitrogens with zero attached hydrogens (tertiary/aromatic N) is 6. The Bertz CT molecular complexity index is 1260. The molecule has 0 N–H and O–H groups in total. The Kier molecular flexibility index (Phi) is 5.10. The number of hydrogen-bond donors (Lipinski definition) is 0. The lowest BCUT2D eigenvalue weighted by Gasteiger charge is -2.17. The van der Waals surface area contributed by atoms with Crippen LogP contribution in [0.5, 0.6) is 5.75 Å². The van der Waals surface area contributed by atoms with Gasteiger partial charge in [0.25, 0.3) is 11.8 Å². The Labute approximate surface area is 182 Å². The van der Waals surface area contributed by atoms with Crippen LogP contribution >= 0.6 is 0 Å². The molecule has 9 nitrogen and oxygen atoms in total. The number of halogens is 1. The Morgan fingerprint density at radius 1 is 1.22 bits per heavy atom. The van der Waals surface area contributed by atoms with E-state index in [-0.39, 0.29) is 29.2 Å². The van der Waals surface area contributed by atoms with E-state index in [2.05, 4.69) is 20.5 Å². The van der Waals surface area contributed by atoms with E-state index < -0.39 is 5.82 Å². The van der Waals surface area contributed by atoms with Crippen LogP contribution in [0.1, 0.15) is 22.8 Å². The van der Waals surface area contributed by atoms with Gasteiger partial charge in [0.05, 0.1) is 19.3 Å². The van der Waals surface area contributed by atoms with E-state index in [4.69, 9.17) is 9.26 Å². The topological polar surface area (TPSA) is 99.2 Å². The summed E-state index contributed by atoms with van der Waals surface area (Å²) in [6.07, 6.45) is 2.43. The van der Waals surface area contributed by atoms with E-state index in [0.29, 0.717) is 31.0 Å². The standard InChI is InChI=1S/C22H19FN6O3/c1-31-19-8-7-15(11-17(19)23)22(30)28-10-9-16(12-28)29-13-18(25-27-29)21-24-20(26-32-21)14-5-3-2-4-6-14/h2-8,11,13,16H,9-10,12H2,1H3/t16-/m0/s1. The molecule has 1 aliphatic rings. The number of methoxy groups -OCH3 is 1. The summed E-state index contributed by atoms with van der Waals surface area (Å²) in [6, 6.07) is 13.6. The molecule has 10 heteroatoms. The summed E-state index contributed by atoms with van der Waals surface area (Å²) < 4.78 is 25.9. The van der Waals surface area contributed by atoms with Gasteiger partial charge in [-0.1, -0.05) is 40.7 Å². The lowest BCUT2D eigenvalue weighted by atomic mass is 10.2. The Hall–Kier alpha value is -4.08. The van der Waals surface area contributed by atoms with Crippen LogP contribution in [0.3, 0.4) is 0 Å². The van der Waals surface area contributed by atoms with Gasteiger partial charge in [-0.05, 0) is 24.6 Å². The monoisotopic (exact) mass is 434 g/mol. The van der Waals surface area contributed by atoms with Crippen LogP contribution < -0.4 is 4.74 Å². The molecule has 0 unspecified atom stereocenters. The Balaban J connectivity index is 1.28. The van der Waals surface area contributed by atoms with Gasteiger partial charge in [0, 0.05) is 24.2 Å². The molecule has 1 saturated heterocycles. The molecule has 0 spiro atoms. The van der Waals surface area contributed by atoms with Crippen LogP contribution in [0.15, 0.2) is 59.3 Å². The minimum atomic E-state index is -0.565. The zero-order valence-electron chi connectivity index (χ0n) is 17.2. The number of benzene rings is 2. The van der Waals surface area contributed by atoms with Crippen molar-refractivity contribution in [2.45, 2.75) is 12.5 Å². The summed E-state index contributed by atoms with van der Waals surface area (Å²) in [5, 5.41) is 12.3. The first-order valence-electron chi connectivity index (χ1n) is 10.1. The fraction of sp³-hybridized carbons (Fsp3) is 0.227. The quantitative estimate of drug-likeness (QED) is 0.475. The fourth-order valence-electron chi connectivity index (χ4n) is 3.71. The molecule has 3 heterocycles. The van der Waals surface area contributed by atoms with Gasteiger partial charge in [0.2, 0.25) is 5.82 Å². The number of hydrogen-bond acceptors (Lipinski definition) is 7. The van der Waals surface area contributed by atoms with E-state index in [1.54, 1.807) is 21.8 Å². The summed E-state index contributed by atoms with van der Waals surface area (Å²) in [5.74, 6) is 0.0462.